The minimum absolute atomic E-state index is 0.243. The van der Waals surface area contributed by atoms with Gasteiger partial charge in [0.2, 0.25) is 0 Å². The highest BCUT2D eigenvalue weighted by Gasteiger charge is 2.22. The topological polar surface area (TPSA) is 67.4 Å². The van der Waals surface area contributed by atoms with Crippen LogP contribution in [0, 0.1) is 13.8 Å². The van der Waals surface area contributed by atoms with Gasteiger partial charge in [-0.15, -0.1) is 0 Å². The Morgan fingerprint density at radius 3 is 2.54 bits per heavy atom. The van der Waals surface area contributed by atoms with Gasteiger partial charge in [0.15, 0.2) is 5.75 Å². The molecule has 140 valence electrons. The highest BCUT2D eigenvalue weighted by Crippen LogP contribution is 2.38. The molecule has 1 heterocycles. The zero-order valence-corrected chi connectivity index (χ0v) is 16.1. The molecule has 4 rings (SSSR count). The number of hydrogen-bond acceptors (Lipinski definition) is 3. The lowest BCUT2D eigenvalue weighted by Crippen LogP contribution is -2.14. The molecule has 0 saturated heterocycles. The minimum atomic E-state index is -0.335. The Morgan fingerprint density at radius 2 is 1.75 bits per heavy atom. The van der Waals surface area contributed by atoms with Crippen LogP contribution in [0.2, 0.25) is 5.02 Å². The number of fused-ring (bicyclic) bond motifs is 2. The average molecular weight is 393 g/mol. The predicted octanol–water partition coefficient (Wildman–Crippen LogP) is 5.57. The number of nitrogens with one attached hydrogen (secondary N) is 2. The number of hydrogen-bond donors (Lipinski definition) is 2. The first-order chi connectivity index (χ1) is 13.4. The number of carbonyl (C=O) groups is 2. The molecule has 0 atom stereocenters. The van der Waals surface area contributed by atoms with Crippen LogP contribution < -0.4 is 15.4 Å². The molecule has 3 aromatic rings. The van der Waals surface area contributed by atoms with Crippen molar-refractivity contribution in [3.8, 4) is 11.5 Å². The van der Waals surface area contributed by atoms with E-state index in [1.54, 1.807) is 42.5 Å². The van der Waals surface area contributed by atoms with Gasteiger partial charge in [-0.2, -0.15) is 0 Å². The third-order valence-corrected chi connectivity index (χ3v) is 4.90. The molecule has 2 amide bonds. The van der Waals surface area contributed by atoms with Gasteiger partial charge in [-0.05, 0) is 73.5 Å². The number of benzene rings is 3. The van der Waals surface area contributed by atoms with Crippen LogP contribution in [0.1, 0.15) is 31.8 Å². The molecule has 6 heteroatoms. The molecule has 0 radical (unpaired) electrons. The van der Waals surface area contributed by atoms with Crippen LogP contribution in [0.25, 0.3) is 0 Å². The Balaban J connectivity index is 1.62. The molecule has 0 saturated carbocycles. The monoisotopic (exact) mass is 392 g/mol. The number of rotatable bonds is 2. The van der Waals surface area contributed by atoms with Crippen molar-refractivity contribution in [1.29, 1.82) is 0 Å². The van der Waals surface area contributed by atoms with Gasteiger partial charge in [-0.1, -0.05) is 17.7 Å². The molecule has 0 aromatic heterocycles. The van der Waals surface area contributed by atoms with Crippen LogP contribution in [0.15, 0.2) is 54.6 Å². The maximum Gasteiger partial charge on any atom is 0.259 e. The maximum atomic E-state index is 12.6. The molecular formula is C22H17ClN2O3. The second-order valence-electron chi connectivity index (χ2n) is 6.66. The zero-order chi connectivity index (χ0) is 19.8. The van der Waals surface area contributed by atoms with Gasteiger partial charge in [-0.25, -0.2) is 0 Å². The summed E-state index contributed by atoms with van der Waals surface area (Å²) in [6.07, 6.45) is 0. The highest BCUT2D eigenvalue weighted by molar-refractivity contribution is 6.31. The third kappa shape index (κ3) is 3.44. The lowest BCUT2D eigenvalue weighted by atomic mass is 10.1. The molecule has 0 unspecified atom stereocenters. The molecule has 1 aliphatic heterocycles. The van der Waals surface area contributed by atoms with Crippen molar-refractivity contribution in [3.63, 3.8) is 0 Å². The van der Waals surface area contributed by atoms with Crippen LogP contribution >= 0.6 is 11.6 Å². The minimum Gasteiger partial charge on any atom is -0.454 e. The molecule has 1 aliphatic rings. The Labute approximate surface area is 167 Å². The summed E-state index contributed by atoms with van der Waals surface area (Å²) in [5, 5.41) is 6.11. The zero-order valence-electron chi connectivity index (χ0n) is 15.3. The van der Waals surface area contributed by atoms with E-state index < -0.39 is 0 Å². The van der Waals surface area contributed by atoms with E-state index in [-0.39, 0.29) is 11.8 Å². The summed E-state index contributed by atoms with van der Waals surface area (Å²) in [4.78, 5) is 25.2. The summed E-state index contributed by atoms with van der Waals surface area (Å²) < 4.78 is 5.85. The van der Waals surface area contributed by atoms with Crippen molar-refractivity contribution in [2.45, 2.75) is 13.8 Å². The van der Waals surface area contributed by atoms with Crippen molar-refractivity contribution in [3.05, 3.63) is 81.9 Å². The number of aryl methyl sites for hydroxylation is 2. The SMILES string of the molecule is Cc1ccc(C(=O)Nc2ccc3c(c2)C(=O)Nc2cc(Cl)ccc2O3)cc1C. The summed E-state index contributed by atoms with van der Waals surface area (Å²) in [5.41, 5.74) is 4.04. The normalized spacial score (nSPS) is 12.2. The summed E-state index contributed by atoms with van der Waals surface area (Å²) >= 11 is 6.00. The molecule has 2 N–H and O–H groups in total. The van der Waals surface area contributed by atoms with Gasteiger partial charge in [0, 0.05) is 16.3 Å². The molecule has 0 aliphatic carbocycles. The van der Waals surface area contributed by atoms with Crippen LogP contribution in [0.4, 0.5) is 11.4 Å². The molecule has 0 fully saturated rings. The molecule has 0 spiro atoms. The number of ether oxygens (including phenoxy) is 1. The lowest BCUT2D eigenvalue weighted by molar-refractivity contribution is 0.101. The predicted molar refractivity (Wildman–Crippen MR) is 110 cm³/mol. The number of anilines is 2. The molecule has 5 nitrogen and oxygen atoms in total. The number of carbonyl (C=O) groups excluding carboxylic acids is 2. The first kappa shape index (κ1) is 18.1. The third-order valence-electron chi connectivity index (χ3n) is 4.66. The molecular weight excluding hydrogens is 376 g/mol. The Morgan fingerprint density at radius 1 is 0.964 bits per heavy atom. The van der Waals surface area contributed by atoms with Crippen molar-refractivity contribution < 1.29 is 14.3 Å². The van der Waals surface area contributed by atoms with Gasteiger partial charge in [0.1, 0.15) is 5.75 Å². The smallest absolute Gasteiger partial charge is 0.259 e. The van der Waals surface area contributed by atoms with Crippen molar-refractivity contribution in [2.24, 2.45) is 0 Å². The first-order valence-corrected chi connectivity index (χ1v) is 9.10. The van der Waals surface area contributed by atoms with E-state index in [0.717, 1.165) is 11.1 Å². The van der Waals surface area contributed by atoms with E-state index in [0.29, 0.717) is 39.0 Å². The van der Waals surface area contributed by atoms with Crippen LogP contribution in [-0.4, -0.2) is 11.8 Å². The van der Waals surface area contributed by atoms with Gasteiger partial charge in [-0.3, -0.25) is 9.59 Å². The fourth-order valence-corrected chi connectivity index (χ4v) is 3.13. The highest BCUT2D eigenvalue weighted by atomic mass is 35.5. The van der Waals surface area contributed by atoms with Gasteiger partial charge >= 0.3 is 0 Å². The van der Waals surface area contributed by atoms with Gasteiger partial charge < -0.3 is 15.4 Å². The summed E-state index contributed by atoms with van der Waals surface area (Å²) in [6, 6.07) is 15.5. The van der Waals surface area contributed by atoms with E-state index in [1.165, 1.54) is 0 Å². The lowest BCUT2D eigenvalue weighted by Gasteiger charge is -2.10. The van der Waals surface area contributed by atoms with Crippen LogP contribution in [0.5, 0.6) is 11.5 Å². The van der Waals surface area contributed by atoms with E-state index in [1.807, 2.05) is 26.0 Å². The summed E-state index contributed by atoms with van der Waals surface area (Å²) in [6.45, 7) is 3.95. The number of halogens is 1. The van der Waals surface area contributed by atoms with E-state index in [2.05, 4.69) is 10.6 Å². The summed E-state index contributed by atoms with van der Waals surface area (Å²) in [5.74, 6) is 0.331. The largest absolute Gasteiger partial charge is 0.454 e. The van der Waals surface area contributed by atoms with Gasteiger partial charge in [0.05, 0.1) is 11.3 Å². The van der Waals surface area contributed by atoms with Crippen LogP contribution in [-0.2, 0) is 0 Å². The first-order valence-electron chi connectivity index (χ1n) is 8.72. The fraction of sp³-hybridized carbons (Fsp3) is 0.0909. The van der Waals surface area contributed by atoms with E-state index >= 15 is 0 Å². The van der Waals surface area contributed by atoms with Crippen molar-refractivity contribution >= 4 is 34.8 Å². The molecule has 3 aromatic carbocycles. The molecule has 28 heavy (non-hydrogen) atoms. The second-order valence-corrected chi connectivity index (χ2v) is 7.10. The van der Waals surface area contributed by atoms with Gasteiger partial charge in [0.25, 0.3) is 11.8 Å². The summed E-state index contributed by atoms with van der Waals surface area (Å²) in [7, 11) is 0. The fourth-order valence-electron chi connectivity index (χ4n) is 2.96. The Kier molecular flexibility index (Phi) is 4.53. The standard InChI is InChI=1S/C22H17ClN2O3/c1-12-3-4-14(9-13(12)2)21(26)24-16-6-8-19-17(11-16)22(27)25-18-10-15(23)5-7-20(18)28-19/h3-11H,1-2H3,(H,24,26)(H,25,27). The maximum absolute atomic E-state index is 12.6. The average Bonchev–Trinajstić information content (AvgIpc) is 2.79. The van der Waals surface area contributed by atoms with E-state index in [9.17, 15) is 9.59 Å². The Bertz CT molecular complexity index is 1120. The Hall–Kier alpha value is -3.31. The van der Waals surface area contributed by atoms with Crippen molar-refractivity contribution in [1.82, 2.24) is 0 Å². The van der Waals surface area contributed by atoms with Crippen LogP contribution in [0.3, 0.4) is 0 Å². The van der Waals surface area contributed by atoms with Crippen molar-refractivity contribution in [2.75, 3.05) is 10.6 Å². The quantitative estimate of drug-likeness (QED) is 0.599. The van der Waals surface area contributed by atoms with E-state index in [4.69, 9.17) is 16.3 Å². The second kappa shape index (κ2) is 7.02. The molecule has 0 bridgehead atoms. The number of amides is 2.